The summed E-state index contributed by atoms with van der Waals surface area (Å²) in [6.07, 6.45) is 0. The van der Waals surface area contributed by atoms with Crippen LogP contribution >= 0.6 is 0 Å². The third-order valence-electron chi connectivity index (χ3n) is 4.49. The molecular weight excluding hydrogens is 352 g/mol. The smallest absolute Gasteiger partial charge is 0.338 e. The van der Waals surface area contributed by atoms with Crippen molar-refractivity contribution in [3.8, 4) is 11.1 Å². The Morgan fingerprint density at radius 2 is 1.39 bits per heavy atom. The molecule has 3 rings (SSSR count). The Hall–Kier alpha value is -3.44. The SMILES string of the molecule is COC(=O)c1ccccc1-c1ccccc1C(=O)Nc1ccc([C@H](C)N)cc1. The number of carbonyl (C=O) groups is 2. The van der Waals surface area contributed by atoms with E-state index in [0.29, 0.717) is 27.9 Å². The van der Waals surface area contributed by atoms with Gasteiger partial charge >= 0.3 is 5.97 Å². The molecule has 1 amide bonds. The van der Waals surface area contributed by atoms with Gasteiger partial charge in [-0.25, -0.2) is 4.79 Å². The number of anilines is 1. The summed E-state index contributed by atoms with van der Waals surface area (Å²) in [4.78, 5) is 25.1. The number of nitrogens with one attached hydrogen (secondary N) is 1. The van der Waals surface area contributed by atoms with E-state index in [2.05, 4.69) is 5.32 Å². The first kappa shape index (κ1) is 19.3. The lowest BCUT2D eigenvalue weighted by Gasteiger charge is -2.13. The first-order chi connectivity index (χ1) is 13.5. The molecule has 3 aromatic rings. The molecule has 0 bridgehead atoms. The fraction of sp³-hybridized carbons (Fsp3) is 0.130. The molecule has 0 fully saturated rings. The van der Waals surface area contributed by atoms with Crippen LogP contribution < -0.4 is 11.1 Å². The Labute approximate surface area is 164 Å². The second kappa shape index (κ2) is 8.50. The van der Waals surface area contributed by atoms with E-state index in [9.17, 15) is 9.59 Å². The lowest BCUT2D eigenvalue weighted by atomic mass is 9.95. The second-order valence-corrected chi connectivity index (χ2v) is 6.45. The van der Waals surface area contributed by atoms with Gasteiger partial charge in [-0.1, -0.05) is 48.5 Å². The molecule has 142 valence electrons. The van der Waals surface area contributed by atoms with Crippen LogP contribution in [0.15, 0.2) is 72.8 Å². The fourth-order valence-electron chi connectivity index (χ4n) is 2.99. The van der Waals surface area contributed by atoms with Gasteiger partial charge in [-0.15, -0.1) is 0 Å². The van der Waals surface area contributed by atoms with E-state index in [-0.39, 0.29) is 11.9 Å². The van der Waals surface area contributed by atoms with Gasteiger partial charge in [0, 0.05) is 17.3 Å². The summed E-state index contributed by atoms with van der Waals surface area (Å²) in [7, 11) is 1.34. The number of rotatable bonds is 5. The Kier molecular flexibility index (Phi) is 5.87. The average molecular weight is 374 g/mol. The molecule has 3 N–H and O–H groups in total. The van der Waals surface area contributed by atoms with Gasteiger partial charge in [-0.3, -0.25) is 4.79 Å². The maximum absolute atomic E-state index is 12.9. The van der Waals surface area contributed by atoms with Crippen LogP contribution in [0.5, 0.6) is 0 Å². The van der Waals surface area contributed by atoms with Gasteiger partial charge in [0.2, 0.25) is 0 Å². The van der Waals surface area contributed by atoms with Crippen molar-refractivity contribution in [2.75, 3.05) is 12.4 Å². The molecule has 0 saturated carbocycles. The summed E-state index contributed by atoms with van der Waals surface area (Å²) in [6, 6.07) is 21.6. The maximum atomic E-state index is 12.9. The van der Waals surface area contributed by atoms with E-state index in [0.717, 1.165) is 5.56 Å². The standard InChI is InChI=1S/C23H22N2O3/c1-15(24)16-11-13-17(14-12-16)25-22(26)20-9-5-3-7-18(20)19-8-4-6-10-21(19)23(27)28-2/h3-15H,24H2,1-2H3,(H,25,26)/t15-/m0/s1. The van der Waals surface area contributed by atoms with E-state index in [1.54, 1.807) is 30.3 Å². The fourth-order valence-corrected chi connectivity index (χ4v) is 2.99. The summed E-state index contributed by atoms with van der Waals surface area (Å²) in [5, 5.41) is 2.90. The van der Waals surface area contributed by atoms with Crippen LogP contribution in [0.3, 0.4) is 0 Å². The molecule has 1 atom stereocenters. The topological polar surface area (TPSA) is 81.4 Å². The van der Waals surface area contributed by atoms with Crippen molar-refractivity contribution in [2.24, 2.45) is 5.73 Å². The van der Waals surface area contributed by atoms with Crippen molar-refractivity contribution in [1.82, 2.24) is 0 Å². The molecule has 28 heavy (non-hydrogen) atoms. The van der Waals surface area contributed by atoms with Crippen LogP contribution in [0.1, 0.15) is 39.2 Å². The molecule has 0 aromatic heterocycles. The number of methoxy groups -OCH3 is 1. The van der Waals surface area contributed by atoms with E-state index in [1.807, 2.05) is 49.4 Å². The van der Waals surface area contributed by atoms with Crippen LogP contribution in [0.4, 0.5) is 5.69 Å². The number of carbonyl (C=O) groups excluding carboxylic acids is 2. The molecule has 3 aromatic carbocycles. The van der Waals surface area contributed by atoms with Crippen LogP contribution in [0.25, 0.3) is 11.1 Å². The van der Waals surface area contributed by atoms with E-state index in [4.69, 9.17) is 10.5 Å². The second-order valence-electron chi connectivity index (χ2n) is 6.45. The van der Waals surface area contributed by atoms with E-state index in [1.165, 1.54) is 7.11 Å². The molecule has 0 spiro atoms. The highest BCUT2D eigenvalue weighted by molar-refractivity contribution is 6.10. The van der Waals surface area contributed by atoms with Gasteiger partial charge < -0.3 is 15.8 Å². The number of esters is 1. The Bertz CT molecular complexity index is 995. The van der Waals surface area contributed by atoms with Gasteiger partial charge in [0.05, 0.1) is 12.7 Å². The highest BCUT2D eigenvalue weighted by Crippen LogP contribution is 2.28. The maximum Gasteiger partial charge on any atom is 0.338 e. The minimum absolute atomic E-state index is 0.0692. The lowest BCUT2D eigenvalue weighted by Crippen LogP contribution is -2.14. The third-order valence-corrected chi connectivity index (χ3v) is 4.49. The molecule has 0 unspecified atom stereocenters. The van der Waals surface area contributed by atoms with Crippen molar-refractivity contribution in [2.45, 2.75) is 13.0 Å². The first-order valence-corrected chi connectivity index (χ1v) is 8.95. The molecule has 5 nitrogen and oxygen atoms in total. The van der Waals surface area contributed by atoms with Crippen molar-refractivity contribution in [1.29, 1.82) is 0 Å². The molecule has 0 aliphatic carbocycles. The lowest BCUT2D eigenvalue weighted by molar-refractivity contribution is 0.0601. The third kappa shape index (κ3) is 4.10. The van der Waals surface area contributed by atoms with Gasteiger partial charge in [-0.05, 0) is 47.9 Å². The quantitative estimate of drug-likeness (QED) is 0.648. The van der Waals surface area contributed by atoms with Gasteiger partial charge in [-0.2, -0.15) is 0 Å². The van der Waals surface area contributed by atoms with Crippen molar-refractivity contribution < 1.29 is 14.3 Å². The van der Waals surface area contributed by atoms with Crippen molar-refractivity contribution >= 4 is 17.6 Å². The van der Waals surface area contributed by atoms with E-state index < -0.39 is 5.97 Å². The van der Waals surface area contributed by atoms with Crippen molar-refractivity contribution in [3.63, 3.8) is 0 Å². The van der Waals surface area contributed by atoms with Crippen LogP contribution in [-0.2, 0) is 4.74 Å². The largest absolute Gasteiger partial charge is 0.465 e. The van der Waals surface area contributed by atoms with E-state index >= 15 is 0 Å². The highest BCUT2D eigenvalue weighted by Gasteiger charge is 2.18. The van der Waals surface area contributed by atoms with Gasteiger partial charge in [0.15, 0.2) is 0 Å². The number of benzene rings is 3. The predicted molar refractivity (Wildman–Crippen MR) is 110 cm³/mol. The molecule has 0 aliphatic heterocycles. The summed E-state index contributed by atoms with van der Waals surface area (Å²) in [5.41, 5.74) is 9.71. The predicted octanol–water partition coefficient (Wildman–Crippen LogP) is 4.41. The monoisotopic (exact) mass is 374 g/mol. The Balaban J connectivity index is 1.95. The Morgan fingerprint density at radius 1 is 0.857 bits per heavy atom. The molecule has 0 aliphatic rings. The van der Waals surface area contributed by atoms with Gasteiger partial charge in [0.25, 0.3) is 5.91 Å². The highest BCUT2D eigenvalue weighted by atomic mass is 16.5. The zero-order valence-corrected chi connectivity index (χ0v) is 15.8. The minimum atomic E-state index is -0.447. The number of hydrogen-bond donors (Lipinski definition) is 2. The zero-order chi connectivity index (χ0) is 20.1. The first-order valence-electron chi connectivity index (χ1n) is 8.95. The van der Waals surface area contributed by atoms with Crippen LogP contribution in [0.2, 0.25) is 0 Å². The van der Waals surface area contributed by atoms with Crippen LogP contribution in [-0.4, -0.2) is 19.0 Å². The average Bonchev–Trinajstić information content (AvgIpc) is 2.73. The molecule has 0 heterocycles. The molecule has 0 radical (unpaired) electrons. The summed E-state index contributed by atoms with van der Waals surface area (Å²) in [6.45, 7) is 1.91. The number of ether oxygens (including phenoxy) is 1. The number of amides is 1. The summed E-state index contributed by atoms with van der Waals surface area (Å²) < 4.78 is 4.88. The Morgan fingerprint density at radius 3 is 1.96 bits per heavy atom. The minimum Gasteiger partial charge on any atom is -0.465 e. The summed E-state index contributed by atoms with van der Waals surface area (Å²) >= 11 is 0. The molecular formula is C23H22N2O3. The number of nitrogens with two attached hydrogens (primary N) is 1. The van der Waals surface area contributed by atoms with Gasteiger partial charge in [0.1, 0.15) is 0 Å². The van der Waals surface area contributed by atoms with Crippen LogP contribution in [0, 0.1) is 0 Å². The molecule has 0 saturated heterocycles. The molecule has 5 heteroatoms. The zero-order valence-electron chi connectivity index (χ0n) is 15.8. The van der Waals surface area contributed by atoms with Crippen molar-refractivity contribution in [3.05, 3.63) is 89.5 Å². The number of hydrogen-bond acceptors (Lipinski definition) is 4. The summed E-state index contributed by atoms with van der Waals surface area (Å²) in [5.74, 6) is -0.707. The normalized spacial score (nSPS) is 11.5.